The van der Waals surface area contributed by atoms with E-state index in [1.165, 1.54) is 36.3 Å². The van der Waals surface area contributed by atoms with Gasteiger partial charge in [-0.2, -0.15) is 0 Å². The molecule has 0 aliphatic heterocycles. The van der Waals surface area contributed by atoms with Crippen molar-refractivity contribution in [2.24, 2.45) is 5.92 Å². The Morgan fingerprint density at radius 1 is 0.548 bits per heavy atom. The Morgan fingerprint density at radius 2 is 0.839 bits per heavy atom. The van der Waals surface area contributed by atoms with Crippen molar-refractivity contribution < 1.29 is 0 Å². The van der Waals surface area contributed by atoms with Gasteiger partial charge in [0.25, 0.3) is 0 Å². The van der Waals surface area contributed by atoms with Crippen LogP contribution < -0.4 is 0 Å². The minimum absolute atomic E-state index is 0.288. The molecule has 180 valence electrons. The molecule has 0 heterocycles. The van der Waals surface area contributed by atoms with Crippen molar-refractivity contribution in [2.45, 2.75) is 136 Å². The summed E-state index contributed by atoms with van der Waals surface area (Å²) >= 11 is 0. The maximum Gasteiger partial charge on any atom is 0.146 e. The zero-order chi connectivity index (χ0) is 24.3. The number of allylic oxidation sites excluding steroid dienone is 2. The van der Waals surface area contributed by atoms with Gasteiger partial charge in [0.05, 0.1) is 22.1 Å². The predicted molar refractivity (Wildman–Crippen MR) is 155 cm³/mol. The SMILES string of the molecule is CC[Si](/C=C\C(C#C[Si](C(C)C)(C(C)C)C(C)C)/C=C/[Si](CC)(CC)CC)(CC)CC. The van der Waals surface area contributed by atoms with Crippen molar-refractivity contribution in [3.8, 4) is 11.5 Å². The standard InChI is InChI=1S/C28H56Si3/c1-13-29(14-2,15-3)22-19-28(20-23-30(16-4,17-5)18-6)21-24-31(25(7)8,26(9)10)27(11)12/h19-20,22-23,25-28H,13-18H2,1-12H3/b22-19-,23-20+. The summed E-state index contributed by atoms with van der Waals surface area (Å²) in [7, 11) is -4.26. The number of hydrogen-bond acceptors (Lipinski definition) is 0. The van der Waals surface area contributed by atoms with E-state index in [4.69, 9.17) is 0 Å². The molecule has 1 atom stereocenters. The average molecular weight is 477 g/mol. The van der Waals surface area contributed by atoms with Gasteiger partial charge in [-0.15, -0.1) is 5.54 Å². The molecule has 3 heteroatoms. The van der Waals surface area contributed by atoms with Crippen molar-refractivity contribution in [2.75, 3.05) is 0 Å². The number of hydrogen-bond donors (Lipinski definition) is 0. The maximum atomic E-state index is 4.03. The topological polar surface area (TPSA) is 0 Å². The van der Waals surface area contributed by atoms with Crippen LogP contribution in [-0.4, -0.2) is 24.2 Å². The fourth-order valence-corrected chi connectivity index (χ4v) is 16.6. The minimum atomic E-state index is -1.70. The van der Waals surface area contributed by atoms with Crippen LogP contribution in [0.15, 0.2) is 23.6 Å². The van der Waals surface area contributed by atoms with E-state index in [1.807, 2.05) is 0 Å². The minimum Gasteiger partial charge on any atom is -0.129 e. The van der Waals surface area contributed by atoms with Crippen LogP contribution in [0.25, 0.3) is 0 Å². The summed E-state index contributed by atoms with van der Waals surface area (Å²) in [4.78, 5) is 0. The maximum absolute atomic E-state index is 4.03. The highest BCUT2D eigenvalue weighted by molar-refractivity contribution is 6.90. The number of rotatable bonds is 13. The fraction of sp³-hybridized carbons (Fsp3) is 0.786. The molecular weight excluding hydrogens is 421 g/mol. The van der Waals surface area contributed by atoms with Gasteiger partial charge >= 0.3 is 0 Å². The third-order valence-electron chi connectivity index (χ3n) is 8.86. The van der Waals surface area contributed by atoms with Gasteiger partial charge < -0.3 is 0 Å². The molecule has 0 saturated heterocycles. The normalized spacial score (nSPS) is 14.8. The molecule has 0 bridgehead atoms. The highest BCUT2D eigenvalue weighted by Crippen LogP contribution is 2.41. The zero-order valence-electron chi connectivity index (χ0n) is 23.4. The van der Waals surface area contributed by atoms with Gasteiger partial charge in [0, 0.05) is 0 Å². The Bertz CT molecular complexity index is 540. The second-order valence-electron chi connectivity index (χ2n) is 10.8. The second kappa shape index (κ2) is 14.1. The summed E-state index contributed by atoms with van der Waals surface area (Å²) in [6.45, 7) is 28.9. The molecule has 0 aliphatic rings. The molecule has 0 nitrogen and oxygen atoms in total. The van der Waals surface area contributed by atoms with Crippen molar-refractivity contribution >= 4 is 24.2 Å². The van der Waals surface area contributed by atoms with Crippen LogP contribution in [0.1, 0.15) is 83.1 Å². The predicted octanol–water partition coefficient (Wildman–Crippen LogP) is 10.0. The van der Waals surface area contributed by atoms with Crippen LogP contribution in [-0.2, 0) is 0 Å². The van der Waals surface area contributed by atoms with Gasteiger partial charge in [-0.3, -0.25) is 0 Å². The molecule has 0 saturated carbocycles. The summed E-state index contributed by atoms with van der Waals surface area (Å²) < 4.78 is 0. The lowest BCUT2D eigenvalue weighted by Crippen LogP contribution is -2.43. The zero-order valence-corrected chi connectivity index (χ0v) is 26.4. The molecule has 0 radical (unpaired) electrons. The first-order chi connectivity index (χ1) is 14.5. The van der Waals surface area contributed by atoms with Crippen LogP contribution >= 0.6 is 0 Å². The Balaban J connectivity index is 6.44. The van der Waals surface area contributed by atoms with Crippen LogP contribution in [0.3, 0.4) is 0 Å². The molecule has 0 aliphatic carbocycles. The first-order valence-corrected chi connectivity index (χ1v) is 21.0. The van der Waals surface area contributed by atoms with Crippen molar-refractivity contribution in [3.05, 3.63) is 23.6 Å². The largest absolute Gasteiger partial charge is 0.146 e. The molecular formula is C28H56Si3. The van der Waals surface area contributed by atoms with E-state index in [1.54, 1.807) is 0 Å². The van der Waals surface area contributed by atoms with E-state index in [0.717, 1.165) is 0 Å². The lowest BCUT2D eigenvalue weighted by atomic mass is 10.2. The molecule has 0 fully saturated rings. The second-order valence-corrected chi connectivity index (χ2v) is 26.7. The van der Waals surface area contributed by atoms with E-state index in [0.29, 0.717) is 16.6 Å². The van der Waals surface area contributed by atoms with Crippen LogP contribution in [0.5, 0.6) is 0 Å². The van der Waals surface area contributed by atoms with Gasteiger partial charge in [-0.05, 0) is 16.6 Å². The highest BCUT2D eigenvalue weighted by atomic mass is 28.3. The average Bonchev–Trinajstić information content (AvgIpc) is 2.75. The van der Waals surface area contributed by atoms with E-state index in [9.17, 15) is 0 Å². The molecule has 0 spiro atoms. The summed E-state index contributed by atoms with van der Waals surface area (Å²) in [5.41, 5.74) is 11.4. The molecule has 0 rings (SSSR count). The third-order valence-corrected chi connectivity index (χ3v) is 25.4. The summed E-state index contributed by atoms with van der Waals surface area (Å²) in [5, 5.41) is 0. The molecule has 0 N–H and O–H groups in total. The summed E-state index contributed by atoms with van der Waals surface area (Å²) in [6, 6.07) is 8.09. The van der Waals surface area contributed by atoms with Gasteiger partial charge in [-0.1, -0.05) is 149 Å². The fourth-order valence-electron chi connectivity index (χ4n) is 5.62. The Labute approximate surface area is 200 Å². The molecule has 0 aromatic rings. The monoisotopic (exact) mass is 476 g/mol. The first-order valence-electron chi connectivity index (χ1n) is 13.4. The third kappa shape index (κ3) is 7.90. The van der Waals surface area contributed by atoms with Crippen LogP contribution in [0.2, 0.25) is 52.9 Å². The molecule has 0 aromatic carbocycles. The Morgan fingerprint density at radius 3 is 1.06 bits per heavy atom. The molecule has 0 amide bonds. The van der Waals surface area contributed by atoms with Crippen molar-refractivity contribution in [1.29, 1.82) is 0 Å². The lowest BCUT2D eigenvalue weighted by Gasteiger charge is -2.38. The Kier molecular flexibility index (Phi) is 13.9. The lowest BCUT2D eigenvalue weighted by molar-refractivity contribution is 0.838. The highest BCUT2D eigenvalue weighted by Gasteiger charge is 2.41. The van der Waals surface area contributed by atoms with Gasteiger partial charge in [0.15, 0.2) is 0 Å². The van der Waals surface area contributed by atoms with E-state index >= 15 is 0 Å². The van der Waals surface area contributed by atoms with E-state index in [2.05, 4.69) is 118 Å². The first kappa shape index (κ1) is 30.7. The van der Waals surface area contributed by atoms with Gasteiger partial charge in [0.1, 0.15) is 8.07 Å². The molecule has 0 aromatic heterocycles. The van der Waals surface area contributed by atoms with Crippen molar-refractivity contribution in [3.63, 3.8) is 0 Å². The van der Waals surface area contributed by atoms with E-state index in [-0.39, 0.29) is 5.92 Å². The van der Waals surface area contributed by atoms with Crippen LogP contribution in [0, 0.1) is 17.4 Å². The van der Waals surface area contributed by atoms with Crippen molar-refractivity contribution in [1.82, 2.24) is 0 Å². The summed E-state index contributed by atoms with van der Waals surface area (Å²) in [6.07, 6.45) is 5.04. The van der Waals surface area contributed by atoms with Gasteiger partial charge in [-0.25, -0.2) is 0 Å². The smallest absolute Gasteiger partial charge is 0.129 e. The molecule has 31 heavy (non-hydrogen) atoms. The van der Waals surface area contributed by atoms with Gasteiger partial charge in [0.2, 0.25) is 0 Å². The summed E-state index contributed by atoms with van der Waals surface area (Å²) in [5.74, 6) is 4.17. The molecule has 1 unspecified atom stereocenters. The Hall–Kier alpha value is -0.309. The van der Waals surface area contributed by atoms with Crippen LogP contribution in [0.4, 0.5) is 0 Å². The van der Waals surface area contributed by atoms with E-state index < -0.39 is 24.2 Å². The quantitative estimate of drug-likeness (QED) is 0.183.